The van der Waals surface area contributed by atoms with E-state index in [-0.39, 0.29) is 12.0 Å². The lowest BCUT2D eigenvalue weighted by atomic mass is 10.1. The lowest BCUT2D eigenvalue weighted by Gasteiger charge is -2.15. The topological polar surface area (TPSA) is 38.3 Å². The molecule has 1 unspecified atom stereocenters. The van der Waals surface area contributed by atoms with Gasteiger partial charge in [-0.1, -0.05) is 43.0 Å². The molecule has 1 N–H and O–H groups in total. The predicted molar refractivity (Wildman–Crippen MR) is 73.2 cm³/mol. The van der Waals surface area contributed by atoms with Crippen LogP contribution in [-0.2, 0) is 9.53 Å². The molecular weight excluding hydrogens is 226 g/mol. The van der Waals surface area contributed by atoms with Crippen LogP contribution >= 0.6 is 0 Å². The molecule has 1 aromatic rings. The normalized spacial score (nSPS) is 11.6. The van der Waals surface area contributed by atoms with Crippen LogP contribution in [0.1, 0.15) is 18.5 Å². The molecule has 0 amide bonds. The van der Waals surface area contributed by atoms with Crippen LogP contribution in [0.15, 0.2) is 55.1 Å². The number of esters is 1. The third-order valence-corrected chi connectivity index (χ3v) is 2.44. The minimum Gasteiger partial charge on any atom is -0.461 e. The second kappa shape index (κ2) is 7.45. The fraction of sp³-hybridized carbons (Fsp3) is 0.267. The maximum absolute atomic E-state index is 11.2. The molecule has 0 radical (unpaired) electrons. The first-order valence-electron chi connectivity index (χ1n) is 5.88. The van der Waals surface area contributed by atoms with Gasteiger partial charge in [-0.15, -0.1) is 6.58 Å². The zero-order valence-electron chi connectivity index (χ0n) is 10.7. The lowest BCUT2D eigenvalue weighted by Crippen LogP contribution is -2.25. The summed E-state index contributed by atoms with van der Waals surface area (Å²) in [6.07, 6.45) is 1.83. The molecule has 0 bridgehead atoms. The Morgan fingerprint density at radius 3 is 2.67 bits per heavy atom. The number of hydrogen-bond acceptors (Lipinski definition) is 3. The summed E-state index contributed by atoms with van der Waals surface area (Å²) in [6.45, 7) is 9.84. The summed E-state index contributed by atoms with van der Waals surface area (Å²) in [6, 6.07) is 10.1. The van der Waals surface area contributed by atoms with Crippen LogP contribution in [0.2, 0.25) is 0 Å². The van der Waals surface area contributed by atoms with E-state index < -0.39 is 0 Å². The standard InChI is InChI=1S/C15H19NO2/c1-4-14(13-8-6-5-7-9-13)16-10-11-18-15(17)12(2)3/h4-9,14,16H,1-2,10-11H2,3H3. The van der Waals surface area contributed by atoms with Crippen LogP contribution in [0, 0.1) is 0 Å². The minimum absolute atomic E-state index is 0.0646. The van der Waals surface area contributed by atoms with Crippen LogP contribution in [0.3, 0.4) is 0 Å². The second-order valence-electron chi connectivity index (χ2n) is 3.99. The van der Waals surface area contributed by atoms with Crippen LogP contribution in [0.25, 0.3) is 0 Å². The molecule has 0 aromatic heterocycles. The summed E-state index contributed by atoms with van der Waals surface area (Å²) in [5, 5.41) is 3.26. The monoisotopic (exact) mass is 245 g/mol. The van der Waals surface area contributed by atoms with E-state index in [2.05, 4.69) is 18.5 Å². The fourth-order valence-electron chi connectivity index (χ4n) is 1.48. The molecule has 0 heterocycles. The Morgan fingerprint density at radius 2 is 2.11 bits per heavy atom. The molecule has 3 nitrogen and oxygen atoms in total. The fourth-order valence-corrected chi connectivity index (χ4v) is 1.48. The van der Waals surface area contributed by atoms with Crippen molar-refractivity contribution in [2.75, 3.05) is 13.2 Å². The van der Waals surface area contributed by atoms with Gasteiger partial charge in [-0.05, 0) is 12.5 Å². The number of benzene rings is 1. The van der Waals surface area contributed by atoms with Crippen molar-refractivity contribution in [1.29, 1.82) is 0 Å². The number of nitrogens with one attached hydrogen (secondary N) is 1. The average Bonchev–Trinajstić information content (AvgIpc) is 2.39. The van der Waals surface area contributed by atoms with E-state index >= 15 is 0 Å². The van der Waals surface area contributed by atoms with Gasteiger partial charge < -0.3 is 10.1 Å². The van der Waals surface area contributed by atoms with E-state index in [1.807, 2.05) is 36.4 Å². The molecule has 0 aliphatic carbocycles. The number of hydrogen-bond donors (Lipinski definition) is 1. The molecule has 3 heteroatoms. The Balaban J connectivity index is 2.35. The van der Waals surface area contributed by atoms with Gasteiger partial charge in [0, 0.05) is 12.1 Å². The summed E-state index contributed by atoms with van der Waals surface area (Å²) in [5.74, 6) is -0.355. The van der Waals surface area contributed by atoms with E-state index in [0.29, 0.717) is 18.7 Å². The number of carbonyl (C=O) groups excluding carboxylic acids is 1. The van der Waals surface area contributed by atoms with Gasteiger partial charge in [-0.25, -0.2) is 4.79 Å². The van der Waals surface area contributed by atoms with Crippen LogP contribution in [-0.4, -0.2) is 19.1 Å². The van der Waals surface area contributed by atoms with Crippen molar-refractivity contribution >= 4 is 5.97 Å². The first kappa shape index (κ1) is 14.2. The Hall–Kier alpha value is -1.87. The highest BCUT2D eigenvalue weighted by molar-refractivity contribution is 5.86. The molecule has 0 saturated carbocycles. The first-order chi connectivity index (χ1) is 8.65. The van der Waals surface area contributed by atoms with Gasteiger partial charge in [0.1, 0.15) is 6.61 Å². The first-order valence-corrected chi connectivity index (χ1v) is 5.88. The van der Waals surface area contributed by atoms with Crippen molar-refractivity contribution in [2.45, 2.75) is 13.0 Å². The molecule has 0 aliphatic heterocycles. The van der Waals surface area contributed by atoms with Gasteiger partial charge in [-0.2, -0.15) is 0 Å². The Morgan fingerprint density at radius 1 is 1.44 bits per heavy atom. The minimum atomic E-state index is -0.355. The van der Waals surface area contributed by atoms with Gasteiger partial charge in [0.15, 0.2) is 0 Å². The molecule has 1 rings (SSSR count). The highest BCUT2D eigenvalue weighted by Crippen LogP contribution is 2.12. The summed E-state index contributed by atoms with van der Waals surface area (Å²) in [7, 11) is 0. The van der Waals surface area contributed by atoms with Crippen LogP contribution in [0.5, 0.6) is 0 Å². The van der Waals surface area contributed by atoms with E-state index in [1.54, 1.807) is 6.92 Å². The molecule has 1 atom stereocenters. The maximum atomic E-state index is 11.2. The quantitative estimate of drug-likeness (QED) is 0.347. The van der Waals surface area contributed by atoms with Gasteiger partial charge in [0.25, 0.3) is 0 Å². The Kier molecular flexibility index (Phi) is 5.88. The predicted octanol–water partition coefficient (Wildman–Crippen LogP) is 2.62. The second-order valence-corrected chi connectivity index (χ2v) is 3.99. The SMILES string of the molecule is C=CC(NCCOC(=O)C(=C)C)c1ccccc1. The molecule has 96 valence electrons. The van der Waals surface area contributed by atoms with Crippen LogP contribution in [0.4, 0.5) is 0 Å². The molecule has 1 aromatic carbocycles. The van der Waals surface area contributed by atoms with Crippen molar-refractivity contribution < 1.29 is 9.53 Å². The van der Waals surface area contributed by atoms with Gasteiger partial charge in [0.05, 0.1) is 6.04 Å². The van der Waals surface area contributed by atoms with Crippen molar-refractivity contribution in [3.8, 4) is 0 Å². The van der Waals surface area contributed by atoms with Crippen molar-refractivity contribution in [3.63, 3.8) is 0 Å². The summed E-state index contributed by atoms with van der Waals surface area (Å²) >= 11 is 0. The molecule has 0 saturated heterocycles. The third kappa shape index (κ3) is 4.55. The molecule has 0 spiro atoms. The largest absolute Gasteiger partial charge is 0.461 e. The Bertz CT molecular complexity index is 412. The van der Waals surface area contributed by atoms with Crippen molar-refractivity contribution in [1.82, 2.24) is 5.32 Å². The Labute approximate surface area is 108 Å². The summed E-state index contributed by atoms with van der Waals surface area (Å²) in [4.78, 5) is 11.2. The van der Waals surface area contributed by atoms with E-state index in [1.165, 1.54) is 0 Å². The zero-order chi connectivity index (χ0) is 13.4. The molecule has 0 aliphatic rings. The van der Waals surface area contributed by atoms with Gasteiger partial charge in [0.2, 0.25) is 0 Å². The molecule has 18 heavy (non-hydrogen) atoms. The maximum Gasteiger partial charge on any atom is 0.333 e. The average molecular weight is 245 g/mol. The number of rotatable bonds is 7. The van der Waals surface area contributed by atoms with E-state index in [9.17, 15) is 4.79 Å². The molecule has 0 fully saturated rings. The lowest BCUT2D eigenvalue weighted by molar-refractivity contribution is -0.138. The molecular formula is C15H19NO2. The van der Waals surface area contributed by atoms with E-state index in [4.69, 9.17) is 4.74 Å². The highest BCUT2D eigenvalue weighted by Gasteiger charge is 2.06. The summed E-state index contributed by atoms with van der Waals surface area (Å²) < 4.78 is 5.00. The smallest absolute Gasteiger partial charge is 0.333 e. The highest BCUT2D eigenvalue weighted by atomic mass is 16.5. The number of ether oxygens (including phenoxy) is 1. The van der Waals surface area contributed by atoms with Crippen molar-refractivity contribution in [3.05, 3.63) is 60.7 Å². The zero-order valence-corrected chi connectivity index (χ0v) is 10.7. The summed E-state index contributed by atoms with van der Waals surface area (Å²) in [5.41, 5.74) is 1.55. The third-order valence-electron chi connectivity index (χ3n) is 2.44. The van der Waals surface area contributed by atoms with Crippen molar-refractivity contribution in [2.24, 2.45) is 0 Å². The number of carbonyl (C=O) groups is 1. The van der Waals surface area contributed by atoms with E-state index in [0.717, 1.165) is 5.56 Å². The van der Waals surface area contributed by atoms with Crippen LogP contribution < -0.4 is 5.32 Å². The van der Waals surface area contributed by atoms with Gasteiger partial charge in [-0.3, -0.25) is 0 Å². The van der Waals surface area contributed by atoms with Gasteiger partial charge >= 0.3 is 5.97 Å².